The van der Waals surface area contributed by atoms with Gasteiger partial charge in [0, 0.05) is 48.6 Å². The minimum atomic E-state index is -0.0170. The number of benzene rings is 1. The second-order valence-corrected chi connectivity index (χ2v) is 9.19. The molecule has 1 atom stereocenters. The van der Waals surface area contributed by atoms with Crippen LogP contribution >= 0.6 is 22.7 Å². The largest absolute Gasteiger partial charge is 0.354 e. The van der Waals surface area contributed by atoms with E-state index in [0.29, 0.717) is 19.5 Å². The van der Waals surface area contributed by atoms with Crippen molar-refractivity contribution >= 4 is 28.6 Å². The van der Waals surface area contributed by atoms with Crippen LogP contribution in [-0.4, -0.2) is 28.5 Å². The Balaban J connectivity index is 1.41. The second-order valence-electron chi connectivity index (χ2n) is 7.36. The number of aryl methyl sites for hydroxylation is 1. The summed E-state index contributed by atoms with van der Waals surface area (Å²) in [5, 5.41) is 7.11. The maximum absolute atomic E-state index is 12.5. The number of carbonyl (C=O) groups excluding carboxylic acids is 1. The molecule has 4 rings (SSSR count). The zero-order chi connectivity index (χ0) is 20.2. The summed E-state index contributed by atoms with van der Waals surface area (Å²) in [7, 11) is 0. The quantitative estimate of drug-likeness (QED) is 0.627. The molecule has 0 bridgehead atoms. The number of amides is 1. The summed E-state index contributed by atoms with van der Waals surface area (Å²) in [5.41, 5.74) is 3.53. The van der Waals surface area contributed by atoms with Crippen LogP contribution in [0.4, 0.5) is 0 Å². The van der Waals surface area contributed by atoms with Gasteiger partial charge in [-0.3, -0.25) is 14.5 Å². The van der Waals surface area contributed by atoms with E-state index in [-0.39, 0.29) is 16.8 Å². The number of nitrogens with zero attached hydrogens (tertiary/aromatic N) is 2. The average Bonchev–Trinajstić information content (AvgIpc) is 3.33. The fourth-order valence-electron chi connectivity index (χ4n) is 3.86. The van der Waals surface area contributed by atoms with Gasteiger partial charge in [0.2, 0.25) is 5.91 Å². The summed E-state index contributed by atoms with van der Waals surface area (Å²) in [5.74, 6) is -0.0170. The molecule has 1 amide bonds. The van der Waals surface area contributed by atoms with Crippen LogP contribution in [0.5, 0.6) is 0 Å². The third-order valence-corrected chi connectivity index (χ3v) is 7.40. The minimum Gasteiger partial charge on any atom is -0.354 e. The Labute approximate surface area is 178 Å². The Bertz CT molecular complexity index is 1020. The summed E-state index contributed by atoms with van der Waals surface area (Å²) < 4.78 is 1.67. The maximum atomic E-state index is 12.5. The topological polar surface area (TPSA) is 54.3 Å². The van der Waals surface area contributed by atoms with E-state index in [4.69, 9.17) is 0 Å². The summed E-state index contributed by atoms with van der Waals surface area (Å²) in [6.07, 6.45) is 1.37. The molecule has 29 heavy (non-hydrogen) atoms. The molecule has 2 aromatic heterocycles. The van der Waals surface area contributed by atoms with Crippen molar-refractivity contribution in [1.82, 2.24) is 14.8 Å². The number of hydrogen-bond donors (Lipinski definition) is 1. The molecule has 152 valence electrons. The summed E-state index contributed by atoms with van der Waals surface area (Å²) in [6.45, 7) is 4.80. The van der Waals surface area contributed by atoms with E-state index in [1.165, 1.54) is 27.3 Å². The zero-order valence-electron chi connectivity index (χ0n) is 16.5. The number of nitrogens with one attached hydrogen (secondary N) is 1. The SMILES string of the molecule is Cc1csc(=O)n1CCC(=O)NC[C@@H](c1ccccc1)N1CCc2sccc2C1. The van der Waals surface area contributed by atoms with Gasteiger partial charge in [-0.05, 0) is 35.9 Å². The highest BCUT2D eigenvalue weighted by atomic mass is 32.1. The normalized spacial score (nSPS) is 15.1. The van der Waals surface area contributed by atoms with Crippen molar-refractivity contribution in [2.75, 3.05) is 13.1 Å². The number of hydrogen-bond acceptors (Lipinski definition) is 5. The molecule has 0 saturated heterocycles. The average molecular weight is 428 g/mol. The lowest BCUT2D eigenvalue weighted by atomic mass is 10.0. The van der Waals surface area contributed by atoms with Crippen molar-refractivity contribution in [1.29, 1.82) is 0 Å². The first-order valence-electron chi connectivity index (χ1n) is 9.87. The summed E-state index contributed by atoms with van der Waals surface area (Å²) in [6, 6.07) is 12.7. The van der Waals surface area contributed by atoms with Gasteiger partial charge in [-0.25, -0.2) is 0 Å². The lowest BCUT2D eigenvalue weighted by molar-refractivity contribution is -0.121. The molecule has 0 unspecified atom stereocenters. The van der Waals surface area contributed by atoms with Gasteiger partial charge < -0.3 is 9.88 Å². The van der Waals surface area contributed by atoms with Crippen LogP contribution in [0.15, 0.2) is 52.0 Å². The van der Waals surface area contributed by atoms with Crippen molar-refractivity contribution in [3.8, 4) is 0 Å². The number of thiophene rings is 1. The number of rotatable bonds is 7. The van der Waals surface area contributed by atoms with Crippen molar-refractivity contribution in [2.45, 2.75) is 38.9 Å². The van der Waals surface area contributed by atoms with E-state index >= 15 is 0 Å². The molecule has 0 saturated carbocycles. The zero-order valence-corrected chi connectivity index (χ0v) is 18.1. The van der Waals surface area contributed by atoms with Gasteiger partial charge in [0.05, 0.1) is 6.04 Å². The maximum Gasteiger partial charge on any atom is 0.307 e. The number of thiazole rings is 1. The lowest BCUT2D eigenvalue weighted by Gasteiger charge is -2.35. The fraction of sp³-hybridized carbons (Fsp3) is 0.364. The standard InChI is InChI=1S/C22H25N3O2S2/c1-16-15-29-22(27)25(16)11-8-21(26)23-13-19(17-5-3-2-4-6-17)24-10-7-20-18(14-24)9-12-28-20/h2-6,9,12,15,19H,7-8,10-11,13-14H2,1H3,(H,23,26)/t19-/m0/s1. The lowest BCUT2D eigenvalue weighted by Crippen LogP contribution is -2.40. The smallest absolute Gasteiger partial charge is 0.307 e. The molecule has 0 aliphatic carbocycles. The molecule has 0 fully saturated rings. The molecule has 1 aliphatic heterocycles. The summed E-state index contributed by atoms with van der Waals surface area (Å²) in [4.78, 5) is 28.3. The molecule has 1 N–H and O–H groups in total. The van der Waals surface area contributed by atoms with Gasteiger partial charge in [-0.1, -0.05) is 41.7 Å². The van der Waals surface area contributed by atoms with Crippen molar-refractivity contribution in [2.24, 2.45) is 0 Å². The van der Waals surface area contributed by atoms with Crippen LogP contribution in [0, 0.1) is 6.92 Å². The first kappa shape index (κ1) is 20.1. The van der Waals surface area contributed by atoms with E-state index < -0.39 is 0 Å². The number of aromatic nitrogens is 1. The first-order chi connectivity index (χ1) is 14.1. The molecule has 1 aromatic carbocycles. The van der Waals surface area contributed by atoms with Gasteiger partial charge in [-0.2, -0.15) is 0 Å². The molecule has 0 radical (unpaired) electrons. The molecule has 1 aliphatic rings. The Morgan fingerprint density at radius 1 is 1.21 bits per heavy atom. The van der Waals surface area contributed by atoms with Gasteiger partial charge in [0.25, 0.3) is 0 Å². The predicted molar refractivity (Wildman–Crippen MR) is 119 cm³/mol. The number of carbonyl (C=O) groups is 1. The highest BCUT2D eigenvalue weighted by Crippen LogP contribution is 2.30. The highest BCUT2D eigenvalue weighted by molar-refractivity contribution is 7.10. The van der Waals surface area contributed by atoms with E-state index in [9.17, 15) is 9.59 Å². The Morgan fingerprint density at radius 2 is 2.03 bits per heavy atom. The highest BCUT2D eigenvalue weighted by Gasteiger charge is 2.25. The first-order valence-corrected chi connectivity index (χ1v) is 11.6. The molecule has 0 spiro atoms. The van der Waals surface area contributed by atoms with Gasteiger partial charge in [0.15, 0.2) is 0 Å². The van der Waals surface area contributed by atoms with Crippen LogP contribution in [-0.2, 0) is 24.3 Å². The Morgan fingerprint density at radius 3 is 2.79 bits per heavy atom. The van der Waals surface area contributed by atoms with Crippen LogP contribution in [0.25, 0.3) is 0 Å². The van der Waals surface area contributed by atoms with E-state index in [1.54, 1.807) is 4.57 Å². The van der Waals surface area contributed by atoms with Crippen LogP contribution in [0.3, 0.4) is 0 Å². The van der Waals surface area contributed by atoms with Crippen LogP contribution in [0.1, 0.15) is 34.2 Å². The van der Waals surface area contributed by atoms with Gasteiger partial charge in [0.1, 0.15) is 0 Å². The molecular weight excluding hydrogens is 402 g/mol. The third-order valence-electron chi connectivity index (χ3n) is 5.49. The monoisotopic (exact) mass is 427 g/mol. The van der Waals surface area contributed by atoms with E-state index in [2.05, 4.69) is 45.9 Å². The van der Waals surface area contributed by atoms with Crippen LogP contribution in [0.2, 0.25) is 0 Å². The Kier molecular flexibility index (Phi) is 6.28. The minimum absolute atomic E-state index is 0.00246. The third kappa shape index (κ3) is 4.69. The number of fused-ring (bicyclic) bond motifs is 1. The molecule has 5 nitrogen and oxygen atoms in total. The molecule has 3 aromatic rings. The summed E-state index contributed by atoms with van der Waals surface area (Å²) >= 11 is 3.02. The van der Waals surface area contributed by atoms with Crippen LogP contribution < -0.4 is 10.2 Å². The second kappa shape index (κ2) is 9.07. The van der Waals surface area contributed by atoms with Crippen molar-refractivity contribution < 1.29 is 4.79 Å². The van der Waals surface area contributed by atoms with E-state index in [0.717, 1.165) is 25.2 Å². The van der Waals surface area contributed by atoms with Crippen molar-refractivity contribution in [3.63, 3.8) is 0 Å². The molecule has 7 heteroatoms. The Hall–Kier alpha value is -2.22. The predicted octanol–water partition coefficient (Wildman–Crippen LogP) is 3.59. The molecular formula is C22H25N3O2S2. The molecule has 3 heterocycles. The fourth-order valence-corrected chi connectivity index (χ4v) is 5.51. The van der Waals surface area contributed by atoms with Crippen molar-refractivity contribution in [3.05, 3.63) is 78.5 Å². The van der Waals surface area contributed by atoms with Gasteiger partial charge in [-0.15, -0.1) is 11.3 Å². The van der Waals surface area contributed by atoms with Gasteiger partial charge >= 0.3 is 4.87 Å². The van der Waals surface area contributed by atoms with E-state index in [1.807, 2.05) is 29.7 Å².